The molecular weight excluding hydrogens is 514 g/mol. The van der Waals surface area contributed by atoms with E-state index in [-0.39, 0.29) is 19.3 Å². The van der Waals surface area contributed by atoms with Gasteiger partial charge in [0.05, 0.1) is 6.04 Å². The molecule has 3 amide bonds. The molecule has 1 rings (SSSR count). The quantitative estimate of drug-likeness (QED) is 0.0963. The van der Waals surface area contributed by atoms with Gasteiger partial charge in [-0.3, -0.25) is 24.0 Å². The Morgan fingerprint density at radius 1 is 0.692 bits per heavy atom. The van der Waals surface area contributed by atoms with Crippen LogP contribution in [0.15, 0.2) is 30.3 Å². The van der Waals surface area contributed by atoms with Gasteiger partial charge in [-0.1, -0.05) is 36.8 Å². The van der Waals surface area contributed by atoms with Crippen molar-refractivity contribution in [2.45, 2.75) is 75.5 Å². The number of carbonyl (C=O) groups is 6. The number of aliphatic carboxylic acids is 3. The highest BCUT2D eigenvalue weighted by Crippen LogP contribution is 2.08. The molecule has 39 heavy (non-hydrogen) atoms. The Balaban J connectivity index is 3.10. The number of nitrogens with two attached hydrogens (primary N) is 2. The summed E-state index contributed by atoms with van der Waals surface area (Å²) in [5.74, 6) is -6.36. The van der Waals surface area contributed by atoms with Crippen molar-refractivity contribution in [2.75, 3.05) is 6.54 Å². The maximum Gasteiger partial charge on any atom is 0.326 e. The Kier molecular flexibility index (Phi) is 14.8. The normalized spacial score (nSPS) is 13.8. The minimum absolute atomic E-state index is 0.0676. The van der Waals surface area contributed by atoms with Crippen LogP contribution in [0.3, 0.4) is 0 Å². The molecule has 216 valence electrons. The maximum absolute atomic E-state index is 13.2. The molecule has 0 aromatic heterocycles. The largest absolute Gasteiger partial charge is 0.481 e. The van der Waals surface area contributed by atoms with Crippen LogP contribution >= 0.6 is 0 Å². The van der Waals surface area contributed by atoms with Crippen LogP contribution in [0.4, 0.5) is 0 Å². The second-order valence-electron chi connectivity index (χ2n) is 8.97. The third-order valence-corrected chi connectivity index (χ3v) is 5.76. The Labute approximate surface area is 225 Å². The summed E-state index contributed by atoms with van der Waals surface area (Å²) in [5, 5.41) is 34.5. The van der Waals surface area contributed by atoms with E-state index in [9.17, 15) is 33.9 Å². The number of benzene rings is 1. The van der Waals surface area contributed by atoms with Gasteiger partial charge in [0.15, 0.2) is 0 Å². The molecule has 0 radical (unpaired) electrons. The average Bonchev–Trinajstić information content (AvgIpc) is 2.88. The first-order valence-corrected chi connectivity index (χ1v) is 12.5. The molecule has 1 aromatic carbocycles. The third-order valence-electron chi connectivity index (χ3n) is 5.76. The molecule has 0 fully saturated rings. The molecule has 10 N–H and O–H groups in total. The second kappa shape index (κ2) is 17.5. The van der Waals surface area contributed by atoms with Crippen LogP contribution < -0.4 is 27.4 Å². The average molecular weight is 552 g/mol. The molecule has 4 unspecified atom stereocenters. The number of nitrogens with one attached hydrogen (secondary N) is 3. The highest BCUT2D eigenvalue weighted by Gasteiger charge is 2.31. The summed E-state index contributed by atoms with van der Waals surface area (Å²) in [5.41, 5.74) is 11.9. The standard InChI is InChI=1S/C25H37N5O9/c26-13-5-4-8-16(27)22(35)28-17(9-11-20(31)32)23(36)30-19(14-15-6-2-1-3-7-15)24(37)29-18(25(38)39)10-12-21(33)34/h1-3,6-7,16-19H,4-5,8-14,26-27H2,(H,28,35)(H,29,37)(H,30,36)(H,31,32)(H,33,34)(H,38,39). The van der Waals surface area contributed by atoms with E-state index in [0.717, 1.165) is 0 Å². The van der Waals surface area contributed by atoms with Gasteiger partial charge in [-0.15, -0.1) is 0 Å². The first kappa shape index (κ1) is 33.0. The zero-order valence-electron chi connectivity index (χ0n) is 21.5. The zero-order valence-corrected chi connectivity index (χ0v) is 21.5. The molecule has 4 atom stereocenters. The lowest BCUT2D eigenvalue weighted by Gasteiger charge is -2.25. The van der Waals surface area contributed by atoms with Crippen molar-refractivity contribution >= 4 is 35.6 Å². The molecule has 14 nitrogen and oxygen atoms in total. The number of amides is 3. The smallest absolute Gasteiger partial charge is 0.326 e. The molecule has 0 saturated heterocycles. The predicted octanol–water partition coefficient (Wildman–Crippen LogP) is -1.05. The number of rotatable bonds is 19. The van der Waals surface area contributed by atoms with Crippen LogP contribution in [0.25, 0.3) is 0 Å². The van der Waals surface area contributed by atoms with E-state index in [1.54, 1.807) is 30.3 Å². The SMILES string of the molecule is NCCCCC(N)C(=O)NC(CCC(=O)O)C(=O)NC(Cc1ccccc1)C(=O)NC(CCC(=O)O)C(=O)O. The van der Waals surface area contributed by atoms with Gasteiger partial charge in [0.25, 0.3) is 0 Å². The highest BCUT2D eigenvalue weighted by atomic mass is 16.4. The molecular formula is C25H37N5O9. The van der Waals surface area contributed by atoms with Gasteiger partial charge in [0, 0.05) is 19.3 Å². The molecule has 0 spiro atoms. The van der Waals surface area contributed by atoms with Gasteiger partial charge in [-0.2, -0.15) is 0 Å². The summed E-state index contributed by atoms with van der Waals surface area (Å²) in [7, 11) is 0. The monoisotopic (exact) mass is 551 g/mol. The Hall–Kier alpha value is -4.04. The lowest BCUT2D eigenvalue weighted by atomic mass is 10.0. The Morgan fingerprint density at radius 3 is 1.74 bits per heavy atom. The molecule has 0 aliphatic rings. The van der Waals surface area contributed by atoms with Crippen LogP contribution in [0, 0.1) is 0 Å². The van der Waals surface area contributed by atoms with Crippen molar-refractivity contribution in [3.05, 3.63) is 35.9 Å². The van der Waals surface area contributed by atoms with Gasteiger partial charge < -0.3 is 42.7 Å². The van der Waals surface area contributed by atoms with E-state index in [0.29, 0.717) is 31.4 Å². The van der Waals surface area contributed by atoms with E-state index >= 15 is 0 Å². The number of unbranched alkanes of at least 4 members (excludes halogenated alkanes) is 1. The van der Waals surface area contributed by atoms with E-state index < -0.39 is 72.6 Å². The number of carboxylic acids is 3. The van der Waals surface area contributed by atoms with E-state index in [2.05, 4.69) is 16.0 Å². The molecule has 14 heteroatoms. The topological polar surface area (TPSA) is 251 Å². The summed E-state index contributed by atoms with van der Waals surface area (Å²) in [6.45, 7) is 0.419. The van der Waals surface area contributed by atoms with Crippen molar-refractivity contribution in [3.63, 3.8) is 0 Å². The minimum Gasteiger partial charge on any atom is -0.481 e. The van der Waals surface area contributed by atoms with Crippen molar-refractivity contribution in [1.82, 2.24) is 16.0 Å². The first-order valence-electron chi connectivity index (χ1n) is 12.5. The highest BCUT2D eigenvalue weighted by molar-refractivity contribution is 5.94. The van der Waals surface area contributed by atoms with Crippen LogP contribution in [-0.4, -0.2) is 81.7 Å². The summed E-state index contributed by atoms with van der Waals surface area (Å²) in [6, 6.07) is 3.31. The number of hydrogen-bond donors (Lipinski definition) is 8. The van der Waals surface area contributed by atoms with E-state index in [1.165, 1.54) is 0 Å². The van der Waals surface area contributed by atoms with Gasteiger partial charge in [-0.25, -0.2) is 4.79 Å². The molecule has 0 bridgehead atoms. The van der Waals surface area contributed by atoms with Crippen molar-refractivity contribution in [1.29, 1.82) is 0 Å². The summed E-state index contributed by atoms with van der Waals surface area (Å²) >= 11 is 0. The number of carbonyl (C=O) groups excluding carboxylic acids is 3. The van der Waals surface area contributed by atoms with Crippen LogP contribution in [0.5, 0.6) is 0 Å². The van der Waals surface area contributed by atoms with Crippen LogP contribution in [0.1, 0.15) is 50.5 Å². The van der Waals surface area contributed by atoms with Crippen molar-refractivity contribution < 1.29 is 44.1 Å². The molecule has 1 aromatic rings. The predicted molar refractivity (Wildman–Crippen MR) is 138 cm³/mol. The Bertz CT molecular complexity index is 989. The molecule has 0 aliphatic heterocycles. The van der Waals surface area contributed by atoms with E-state index in [4.69, 9.17) is 21.7 Å². The second-order valence-corrected chi connectivity index (χ2v) is 8.97. The van der Waals surface area contributed by atoms with Gasteiger partial charge >= 0.3 is 17.9 Å². The summed E-state index contributed by atoms with van der Waals surface area (Å²) < 4.78 is 0. The Morgan fingerprint density at radius 2 is 1.21 bits per heavy atom. The fourth-order valence-corrected chi connectivity index (χ4v) is 3.58. The fraction of sp³-hybridized carbons (Fsp3) is 0.520. The minimum atomic E-state index is -1.53. The fourth-order valence-electron chi connectivity index (χ4n) is 3.58. The number of hydrogen-bond acceptors (Lipinski definition) is 8. The van der Waals surface area contributed by atoms with Crippen LogP contribution in [-0.2, 0) is 35.2 Å². The number of carboxylic acid groups (broad SMARTS) is 3. The maximum atomic E-state index is 13.2. The lowest BCUT2D eigenvalue weighted by Crippen LogP contribution is -2.57. The molecule has 0 saturated carbocycles. The van der Waals surface area contributed by atoms with Crippen LogP contribution in [0.2, 0.25) is 0 Å². The third kappa shape index (κ3) is 13.4. The van der Waals surface area contributed by atoms with Crippen molar-refractivity contribution in [3.8, 4) is 0 Å². The lowest BCUT2D eigenvalue weighted by molar-refractivity contribution is -0.143. The molecule has 0 heterocycles. The summed E-state index contributed by atoms with van der Waals surface area (Å²) in [4.78, 5) is 72.4. The van der Waals surface area contributed by atoms with E-state index in [1.807, 2.05) is 0 Å². The van der Waals surface area contributed by atoms with Crippen molar-refractivity contribution in [2.24, 2.45) is 11.5 Å². The molecule has 0 aliphatic carbocycles. The van der Waals surface area contributed by atoms with Gasteiger partial charge in [0.1, 0.15) is 18.1 Å². The summed E-state index contributed by atoms with van der Waals surface area (Å²) in [6.07, 6.45) is -0.217. The first-order chi connectivity index (χ1) is 18.4. The zero-order chi connectivity index (χ0) is 29.4. The van der Waals surface area contributed by atoms with Gasteiger partial charge in [-0.05, 0) is 37.8 Å². The van der Waals surface area contributed by atoms with Gasteiger partial charge in [0.2, 0.25) is 17.7 Å².